The van der Waals surface area contributed by atoms with E-state index in [-0.39, 0.29) is 4.88 Å². The molecular weight excluding hydrogens is 370 g/mol. The van der Waals surface area contributed by atoms with Crippen molar-refractivity contribution < 1.29 is 23.4 Å². The van der Waals surface area contributed by atoms with Crippen LogP contribution in [0.1, 0.15) is 15.4 Å². The molecule has 0 saturated carbocycles. The third-order valence-corrected chi connectivity index (χ3v) is 5.28. The Bertz CT molecular complexity index is 895. The van der Waals surface area contributed by atoms with Crippen LogP contribution in [0, 0.1) is 6.92 Å². The second-order valence-electron chi connectivity index (χ2n) is 5.02. The number of benzene rings is 1. The topological polar surface area (TPSA) is 72.3 Å². The Kier molecular flexibility index (Phi) is 5.05. The van der Waals surface area contributed by atoms with Gasteiger partial charge in [-0.15, -0.1) is 22.7 Å². The fourth-order valence-electron chi connectivity index (χ4n) is 2.20. The minimum atomic E-state index is -2.58. The molecule has 0 unspecified atom stereocenters. The van der Waals surface area contributed by atoms with Crippen molar-refractivity contribution in [1.82, 2.24) is 9.97 Å². The summed E-state index contributed by atoms with van der Waals surface area (Å²) in [6.45, 7) is 0.929. The van der Waals surface area contributed by atoms with Crippen molar-refractivity contribution in [2.24, 2.45) is 0 Å². The Morgan fingerprint density at radius 3 is 2.80 bits per heavy atom. The van der Waals surface area contributed by atoms with Crippen molar-refractivity contribution in [1.29, 1.82) is 0 Å². The first-order valence-corrected chi connectivity index (χ1v) is 8.80. The Hall–Kier alpha value is -2.39. The van der Waals surface area contributed by atoms with Gasteiger partial charge in [0.1, 0.15) is 22.2 Å². The number of carboxylic acids is 1. The lowest BCUT2D eigenvalue weighted by atomic mass is 10.1. The van der Waals surface area contributed by atoms with Gasteiger partial charge < -0.3 is 9.84 Å². The minimum Gasteiger partial charge on any atom is -0.487 e. The lowest BCUT2D eigenvalue weighted by Gasteiger charge is -2.11. The van der Waals surface area contributed by atoms with Crippen LogP contribution in [0.15, 0.2) is 29.9 Å². The first-order valence-electron chi connectivity index (χ1n) is 7.10. The number of carbonyl (C=O) groups is 1. The number of aromatic carboxylic acids is 1. The number of hydrogen-bond acceptors (Lipinski definition) is 6. The van der Waals surface area contributed by atoms with Gasteiger partial charge in [0.2, 0.25) is 0 Å². The number of thiazole rings is 2. The first-order chi connectivity index (χ1) is 12.0. The molecule has 0 amide bonds. The van der Waals surface area contributed by atoms with Crippen LogP contribution in [0.5, 0.6) is 5.75 Å². The average molecular weight is 382 g/mol. The van der Waals surface area contributed by atoms with E-state index in [0.29, 0.717) is 27.6 Å². The molecule has 0 radical (unpaired) electrons. The monoisotopic (exact) mass is 382 g/mol. The Morgan fingerprint density at radius 2 is 2.20 bits per heavy atom. The molecule has 0 bridgehead atoms. The summed E-state index contributed by atoms with van der Waals surface area (Å²) in [5.74, 6) is -0.708. The van der Waals surface area contributed by atoms with Crippen molar-refractivity contribution >= 4 is 28.6 Å². The molecule has 1 aromatic carbocycles. The summed E-state index contributed by atoms with van der Waals surface area (Å²) in [6, 6.07) is 5.01. The molecule has 0 spiro atoms. The van der Waals surface area contributed by atoms with Crippen LogP contribution in [0.4, 0.5) is 8.78 Å². The predicted octanol–water partition coefficient (Wildman–Crippen LogP) is 4.58. The number of ether oxygens (including phenoxy) is 1. The molecule has 5 nitrogen and oxygen atoms in total. The van der Waals surface area contributed by atoms with Gasteiger partial charge in [0.15, 0.2) is 0 Å². The average Bonchev–Trinajstić information content (AvgIpc) is 3.22. The van der Waals surface area contributed by atoms with E-state index in [1.165, 1.54) is 11.3 Å². The number of halogens is 2. The van der Waals surface area contributed by atoms with E-state index in [9.17, 15) is 13.6 Å². The van der Waals surface area contributed by atoms with Crippen molar-refractivity contribution in [2.45, 2.75) is 13.3 Å². The number of carboxylic acid groups (broad SMARTS) is 1. The Balaban J connectivity index is 2.03. The highest BCUT2D eigenvalue weighted by Gasteiger charge is 2.17. The SMILES string of the molecule is Cc1nc(-c2ccc(OCC(F)F)c(-c3cncs3)c2)sc1C(=O)O. The molecule has 2 heterocycles. The van der Waals surface area contributed by atoms with Crippen molar-refractivity contribution in [3.63, 3.8) is 0 Å². The zero-order chi connectivity index (χ0) is 18.0. The second-order valence-corrected chi connectivity index (χ2v) is 6.90. The molecule has 1 N–H and O–H groups in total. The zero-order valence-electron chi connectivity index (χ0n) is 12.9. The van der Waals surface area contributed by atoms with Crippen LogP contribution < -0.4 is 4.74 Å². The molecule has 0 fully saturated rings. The summed E-state index contributed by atoms with van der Waals surface area (Å²) in [5, 5.41) is 9.71. The minimum absolute atomic E-state index is 0.173. The summed E-state index contributed by atoms with van der Waals surface area (Å²) in [5.41, 5.74) is 3.37. The molecular formula is C16H12F2N2O3S2. The number of hydrogen-bond donors (Lipinski definition) is 1. The van der Waals surface area contributed by atoms with Crippen molar-refractivity contribution in [3.8, 4) is 26.8 Å². The zero-order valence-corrected chi connectivity index (χ0v) is 14.5. The van der Waals surface area contributed by atoms with Crippen LogP contribution in [0.3, 0.4) is 0 Å². The van der Waals surface area contributed by atoms with E-state index in [1.54, 1.807) is 36.8 Å². The van der Waals surface area contributed by atoms with Crippen LogP contribution in [-0.2, 0) is 0 Å². The van der Waals surface area contributed by atoms with E-state index in [0.717, 1.165) is 16.2 Å². The molecule has 3 aromatic rings. The molecule has 25 heavy (non-hydrogen) atoms. The lowest BCUT2D eigenvalue weighted by molar-refractivity contribution is 0.0701. The maximum atomic E-state index is 12.5. The molecule has 0 saturated heterocycles. The fraction of sp³-hybridized carbons (Fsp3) is 0.188. The summed E-state index contributed by atoms with van der Waals surface area (Å²) in [6.07, 6.45) is -0.955. The molecule has 9 heteroatoms. The first kappa shape index (κ1) is 17.4. The quantitative estimate of drug-likeness (QED) is 0.675. The molecule has 0 aliphatic rings. The van der Waals surface area contributed by atoms with Gasteiger partial charge in [-0.25, -0.2) is 18.6 Å². The maximum absolute atomic E-state index is 12.5. The van der Waals surface area contributed by atoms with Crippen molar-refractivity contribution in [3.05, 3.63) is 40.5 Å². The number of nitrogens with zero attached hydrogens (tertiary/aromatic N) is 2. The Labute approximate surface area is 149 Å². The van der Waals surface area contributed by atoms with E-state index in [1.807, 2.05) is 0 Å². The van der Waals surface area contributed by atoms with Crippen LogP contribution in [-0.4, -0.2) is 34.1 Å². The summed E-state index contributed by atoms with van der Waals surface area (Å²) in [4.78, 5) is 20.4. The van der Waals surface area contributed by atoms with Crippen LogP contribution in [0.25, 0.3) is 21.0 Å². The standard InChI is InChI=1S/C16H12F2N2O3S2/c1-8-14(16(21)22)25-15(20-8)9-2-3-11(23-6-13(17)18)10(4-9)12-5-19-7-24-12/h2-5,7,13H,6H2,1H3,(H,21,22). The second kappa shape index (κ2) is 7.24. The third-order valence-electron chi connectivity index (χ3n) is 3.28. The summed E-state index contributed by atoms with van der Waals surface area (Å²) in [7, 11) is 0. The van der Waals surface area contributed by atoms with Gasteiger partial charge in [-0.2, -0.15) is 0 Å². The molecule has 0 aliphatic heterocycles. The largest absolute Gasteiger partial charge is 0.487 e. The van der Waals surface area contributed by atoms with E-state index < -0.39 is 19.0 Å². The van der Waals surface area contributed by atoms with Gasteiger partial charge in [-0.1, -0.05) is 0 Å². The number of aryl methyl sites for hydroxylation is 1. The fourth-order valence-corrected chi connectivity index (χ4v) is 3.75. The maximum Gasteiger partial charge on any atom is 0.347 e. The number of rotatable bonds is 6. The van der Waals surface area contributed by atoms with Gasteiger partial charge in [-0.3, -0.25) is 4.98 Å². The van der Waals surface area contributed by atoms with E-state index in [2.05, 4.69) is 9.97 Å². The molecule has 3 rings (SSSR count). The number of aromatic nitrogens is 2. The lowest BCUT2D eigenvalue weighted by Crippen LogP contribution is -2.07. The van der Waals surface area contributed by atoms with E-state index in [4.69, 9.17) is 9.84 Å². The highest BCUT2D eigenvalue weighted by molar-refractivity contribution is 7.17. The Morgan fingerprint density at radius 1 is 1.40 bits per heavy atom. The summed E-state index contributed by atoms with van der Waals surface area (Å²) >= 11 is 2.42. The molecule has 0 aliphatic carbocycles. The molecule has 0 atom stereocenters. The molecule has 130 valence electrons. The predicted molar refractivity (Wildman–Crippen MR) is 91.9 cm³/mol. The highest BCUT2D eigenvalue weighted by atomic mass is 32.1. The van der Waals surface area contributed by atoms with Gasteiger partial charge in [0.25, 0.3) is 6.43 Å². The van der Waals surface area contributed by atoms with Crippen molar-refractivity contribution in [2.75, 3.05) is 6.61 Å². The smallest absolute Gasteiger partial charge is 0.347 e. The van der Waals surface area contributed by atoms with Gasteiger partial charge in [0.05, 0.1) is 16.1 Å². The van der Waals surface area contributed by atoms with Gasteiger partial charge in [-0.05, 0) is 25.1 Å². The van der Waals surface area contributed by atoms with Gasteiger partial charge >= 0.3 is 5.97 Å². The molecule has 2 aromatic heterocycles. The van der Waals surface area contributed by atoms with Crippen LogP contribution in [0.2, 0.25) is 0 Å². The summed E-state index contributed by atoms with van der Waals surface area (Å²) < 4.78 is 30.1. The number of alkyl halides is 2. The van der Waals surface area contributed by atoms with Gasteiger partial charge in [0, 0.05) is 17.3 Å². The van der Waals surface area contributed by atoms with Crippen LogP contribution >= 0.6 is 22.7 Å². The third kappa shape index (κ3) is 3.83. The van der Waals surface area contributed by atoms with E-state index >= 15 is 0 Å². The normalized spacial score (nSPS) is 11.0. The highest BCUT2D eigenvalue weighted by Crippen LogP contribution is 2.37.